The monoisotopic (exact) mass is 547 g/mol. The van der Waals surface area contributed by atoms with Gasteiger partial charge in [0.25, 0.3) is 5.91 Å². The van der Waals surface area contributed by atoms with Gasteiger partial charge >= 0.3 is 11.9 Å². The summed E-state index contributed by atoms with van der Waals surface area (Å²) in [6, 6.07) is 11.0. The molecular weight excluding hydrogens is 523 g/mol. The molecule has 0 heterocycles. The maximum atomic E-state index is 13.0. The van der Waals surface area contributed by atoms with Gasteiger partial charge in [-0.1, -0.05) is 6.92 Å². The van der Waals surface area contributed by atoms with E-state index < -0.39 is 34.0 Å². The van der Waals surface area contributed by atoms with E-state index in [0.717, 1.165) is 12.5 Å². The van der Waals surface area contributed by atoms with E-state index in [-0.39, 0.29) is 17.1 Å². The minimum atomic E-state index is -4.75. The second-order valence-corrected chi connectivity index (χ2v) is 7.86. The number of nitrogens with zero attached hydrogens (tertiary/aromatic N) is 2. The summed E-state index contributed by atoms with van der Waals surface area (Å²) in [7, 11) is 2.78. The van der Waals surface area contributed by atoms with Crippen molar-refractivity contribution in [2.75, 3.05) is 20.8 Å². The molecule has 0 saturated heterocycles. The lowest BCUT2D eigenvalue weighted by molar-refractivity contribution is -0.385. The van der Waals surface area contributed by atoms with Crippen LogP contribution < -0.4 is 24.4 Å². The number of nitrogens with one attached hydrogen (secondary N) is 1. The Balaban J connectivity index is 1.74. The molecule has 0 fully saturated rings. The molecule has 0 saturated carbocycles. The number of ether oxygens (including phenoxy) is 4. The number of hydrogen-bond acceptors (Lipinski definition) is 8. The molecule has 1 amide bonds. The van der Waals surface area contributed by atoms with Crippen LogP contribution in [0, 0.1) is 10.1 Å². The Hall–Kier alpha value is -4.81. The smallest absolute Gasteiger partial charge is 0.416 e. The first-order valence-corrected chi connectivity index (χ1v) is 11.4. The molecule has 0 spiro atoms. The third-order valence-electron chi connectivity index (χ3n) is 5.16. The van der Waals surface area contributed by atoms with Crippen molar-refractivity contribution in [3.05, 3.63) is 81.4 Å². The fraction of sp³-hybridized carbons (Fsp3) is 0.231. The van der Waals surface area contributed by atoms with Crippen LogP contribution in [0.15, 0.2) is 59.7 Å². The van der Waals surface area contributed by atoms with E-state index in [0.29, 0.717) is 35.8 Å². The average molecular weight is 547 g/mol. The van der Waals surface area contributed by atoms with Crippen LogP contribution in [-0.2, 0) is 6.18 Å². The summed E-state index contributed by atoms with van der Waals surface area (Å²) in [6.07, 6.45) is -2.62. The first-order chi connectivity index (χ1) is 18.6. The lowest BCUT2D eigenvalue weighted by atomic mass is 10.1. The molecule has 39 heavy (non-hydrogen) atoms. The molecule has 0 aliphatic rings. The van der Waals surface area contributed by atoms with Gasteiger partial charge in [-0.2, -0.15) is 18.3 Å². The SMILES string of the molecule is CCCOc1ccc(C(=O)N/N=C/c2ccc(Oc3ccc(C(F)(F)F)cc3[N+](=O)[O-])c(OC)c2)cc1OC. The van der Waals surface area contributed by atoms with Crippen LogP contribution in [0.4, 0.5) is 18.9 Å². The van der Waals surface area contributed by atoms with E-state index in [1.165, 1.54) is 44.7 Å². The number of methoxy groups -OCH3 is 2. The highest BCUT2D eigenvalue weighted by Crippen LogP contribution is 2.40. The van der Waals surface area contributed by atoms with Crippen molar-refractivity contribution in [1.82, 2.24) is 5.43 Å². The van der Waals surface area contributed by atoms with Gasteiger partial charge in [0.05, 0.1) is 37.5 Å². The fourth-order valence-electron chi connectivity index (χ4n) is 3.26. The van der Waals surface area contributed by atoms with E-state index in [9.17, 15) is 28.1 Å². The molecule has 0 unspecified atom stereocenters. The van der Waals surface area contributed by atoms with E-state index in [1.54, 1.807) is 12.1 Å². The van der Waals surface area contributed by atoms with Crippen LogP contribution in [0.2, 0.25) is 0 Å². The molecule has 0 atom stereocenters. The number of hydrazone groups is 1. The molecule has 3 aromatic carbocycles. The topological polar surface area (TPSA) is 122 Å². The van der Waals surface area contributed by atoms with Crippen molar-refractivity contribution in [2.24, 2.45) is 5.10 Å². The maximum absolute atomic E-state index is 13.0. The largest absolute Gasteiger partial charge is 0.493 e. The van der Waals surface area contributed by atoms with Crippen LogP contribution in [0.1, 0.15) is 34.8 Å². The summed E-state index contributed by atoms with van der Waals surface area (Å²) in [4.78, 5) is 22.9. The molecule has 3 aromatic rings. The predicted molar refractivity (Wildman–Crippen MR) is 135 cm³/mol. The number of nitro groups is 1. The Labute approximate surface area is 221 Å². The summed E-state index contributed by atoms with van der Waals surface area (Å²) in [6.45, 7) is 2.47. The molecular formula is C26H24F3N3O7. The highest BCUT2D eigenvalue weighted by molar-refractivity contribution is 5.95. The maximum Gasteiger partial charge on any atom is 0.416 e. The standard InChI is InChI=1S/C26H24F3N3O7/c1-4-11-38-21-9-6-17(13-24(21)37-3)25(33)31-30-15-16-5-8-22(23(12-16)36-2)39-20-10-7-18(26(27,28)29)14-19(20)32(34)35/h5-10,12-15H,4,11H2,1-3H3,(H,31,33)/b30-15+. The molecule has 10 nitrogen and oxygen atoms in total. The van der Waals surface area contributed by atoms with E-state index in [2.05, 4.69) is 10.5 Å². The summed E-state index contributed by atoms with van der Waals surface area (Å²) in [5, 5.41) is 15.2. The van der Waals surface area contributed by atoms with Crippen molar-refractivity contribution < 1.29 is 41.8 Å². The van der Waals surface area contributed by atoms with E-state index in [1.807, 2.05) is 6.92 Å². The fourth-order valence-corrected chi connectivity index (χ4v) is 3.26. The van der Waals surface area contributed by atoms with Crippen molar-refractivity contribution in [3.8, 4) is 28.7 Å². The lowest BCUT2D eigenvalue weighted by Gasteiger charge is -2.12. The van der Waals surface area contributed by atoms with E-state index in [4.69, 9.17) is 18.9 Å². The third kappa shape index (κ3) is 7.37. The van der Waals surface area contributed by atoms with Crippen LogP contribution >= 0.6 is 0 Å². The van der Waals surface area contributed by atoms with Crippen molar-refractivity contribution in [2.45, 2.75) is 19.5 Å². The number of alkyl halides is 3. The second-order valence-electron chi connectivity index (χ2n) is 7.86. The minimum Gasteiger partial charge on any atom is -0.493 e. The van der Waals surface area contributed by atoms with Crippen LogP contribution in [0.25, 0.3) is 0 Å². The Kier molecular flexibility index (Phi) is 9.31. The normalized spacial score (nSPS) is 11.2. The molecule has 0 aromatic heterocycles. The highest BCUT2D eigenvalue weighted by atomic mass is 19.4. The van der Waals surface area contributed by atoms with Crippen LogP contribution in [-0.4, -0.2) is 37.9 Å². The van der Waals surface area contributed by atoms with Gasteiger partial charge in [0.15, 0.2) is 23.0 Å². The number of nitro benzene ring substituents is 1. The zero-order valence-electron chi connectivity index (χ0n) is 21.1. The Morgan fingerprint density at radius 2 is 1.64 bits per heavy atom. The Morgan fingerprint density at radius 1 is 0.974 bits per heavy atom. The first-order valence-electron chi connectivity index (χ1n) is 11.4. The molecule has 0 bridgehead atoms. The molecule has 1 N–H and O–H groups in total. The van der Waals surface area contributed by atoms with Gasteiger partial charge in [-0.15, -0.1) is 0 Å². The number of halogens is 3. The number of benzene rings is 3. The number of carbonyl (C=O) groups is 1. The third-order valence-corrected chi connectivity index (χ3v) is 5.16. The zero-order valence-corrected chi connectivity index (χ0v) is 21.1. The Bertz CT molecular complexity index is 1380. The van der Waals surface area contributed by atoms with Crippen molar-refractivity contribution >= 4 is 17.8 Å². The second kappa shape index (κ2) is 12.6. The van der Waals surface area contributed by atoms with Crippen molar-refractivity contribution in [1.29, 1.82) is 0 Å². The zero-order chi connectivity index (χ0) is 28.6. The number of rotatable bonds is 11. The highest BCUT2D eigenvalue weighted by Gasteiger charge is 2.33. The summed E-state index contributed by atoms with van der Waals surface area (Å²) in [5.41, 5.74) is 1.09. The quantitative estimate of drug-likeness (QED) is 0.178. The van der Waals surface area contributed by atoms with Crippen LogP contribution in [0.3, 0.4) is 0 Å². The first kappa shape index (κ1) is 28.8. The van der Waals surface area contributed by atoms with Gasteiger partial charge in [-0.25, -0.2) is 5.43 Å². The van der Waals surface area contributed by atoms with Crippen molar-refractivity contribution in [3.63, 3.8) is 0 Å². The molecule has 3 rings (SSSR count). The number of hydrogen-bond donors (Lipinski definition) is 1. The lowest BCUT2D eigenvalue weighted by Crippen LogP contribution is -2.17. The Morgan fingerprint density at radius 3 is 2.28 bits per heavy atom. The van der Waals surface area contributed by atoms with Gasteiger partial charge in [0.1, 0.15) is 0 Å². The summed E-state index contributed by atoms with van der Waals surface area (Å²) in [5.74, 6) is 0.129. The minimum absolute atomic E-state index is 0.0130. The molecule has 0 radical (unpaired) electrons. The molecule has 206 valence electrons. The average Bonchev–Trinajstić information content (AvgIpc) is 2.91. The number of carbonyl (C=O) groups excluding carboxylic acids is 1. The summed E-state index contributed by atoms with van der Waals surface area (Å²) >= 11 is 0. The van der Waals surface area contributed by atoms with Crippen LogP contribution in [0.5, 0.6) is 28.7 Å². The molecule has 13 heteroatoms. The van der Waals surface area contributed by atoms with Gasteiger partial charge in [-0.05, 0) is 60.5 Å². The van der Waals surface area contributed by atoms with Gasteiger partial charge in [-0.3, -0.25) is 14.9 Å². The molecule has 0 aliphatic heterocycles. The van der Waals surface area contributed by atoms with Gasteiger partial charge in [0, 0.05) is 11.6 Å². The van der Waals surface area contributed by atoms with Gasteiger partial charge in [0.2, 0.25) is 5.75 Å². The number of amides is 1. The predicted octanol–water partition coefficient (Wildman–Crippen LogP) is 5.98. The summed E-state index contributed by atoms with van der Waals surface area (Å²) < 4.78 is 60.5. The van der Waals surface area contributed by atoms with E-state index >= 15 is 0 Å². The molecule has 0 aliphatic carbocycles. The van der Waals surface area contributed by atoms with Gasteiger partial charge < -0.3 is 18.9 Å².